The third kappa shape index (κ3) is 3.00. The molecule has 5 nitrogen and oxygen atoms in total. The van der Waals surface area contributed by atoms with Gasteiger partial charge in [0, 0.05) is 10.7 Å². The topological polar surface area (TPSA) is 59.9 Å². The van der Waals surface area contributed by atoms with Gasteiger partial charge in [-0.1, -0.05) is 11.6 Å². The first-order chi connectivity index (χ1) is 8.58. The number of hydrogen-bond acceptors (Lipinski definition) is 5. The van der Waals surface area contributed by atoms with Crippen LogP contribution in [0.4, 0.5) is 11.6 Å². The Morgan fingerprint density at radius 2 is 1.94 bits per heavy atom. The first-order valence-electron chi connectivity index (χ1n) is 5.07. The Morgan fingerprint density at radius 3 is 2.61 bits per heavy atom. The molecule has 1 heterocycles. The zero-order valence-electron chi connectivity index (χ0n) is 9.74. The minimum absolute atomic E-state index is 0.0657. The van der Waals surface area contributed by atoms with Crippen LogP contribution in [-0.2, 0) is 0 Å². The Kier molecular flexibility index (Phi) is 3.84. The van der Waals surface area contributed by atoms with Gasteiger partial charge in [-0.25, -0.2) is 0 Å². The number of aromatic nitrogens is 3. The predicted molar refractivity (Wildman–Crippen MR) is 70.9 cm³/mol. The lowest BCUT2D eigenvalue weighted by Crippen LogP contribution is -2.02. The first-order valence-corrected chi connectivity index (χ1v) is 5.83. The Bertz CT molecular complexity index is 577. The van der Waals surface area contributed by atoms with Gasteiger partial charge >= 0.3 is 6.01 Å². The van der Waals surface area contributed by atoms with E-state index in [2.05, 4.69) is 20.3 Å². The summed E-state index contributed by atoms with van der Waals surface area (Å²) in [5, 5.41) is 3.77. The Labute approximate surface area is 114 Å². The smallest absolute Gasteiger partial charge is 0.322 e. The fraction of sp³-hybridized carbons (Fsp3) is 0.182. The molecule has 0 atom stereocenters. The zero-order valence-corrected chi connectivity index (χ0v) is 11.2. The molecule has 0 bridgehead atoms. The van der Waals surface area contributed by atoms with Crippen molar-refractivity contribution >= 4 is 34.8 Å². The quantitative estimate of drug-likeness (QED) is 0.938. The summed E-state index contributed by atoms with van der Waals surface area (Å²) in [5.41, 5.74) is 1.81. The largest absolute Gasteiger partial charge is 0.467 e. The van der Waals surface area contributed by atoms with E-state index in [0.29, 0.717) is 11.0 Å². The van der Waals surface area contributed by atoms with E-state index in [1.54, 1.807) is 6.07 Å². The second-order valence-corrected chi connectivity index (χ2v) is 4.27. The summed E-state index contributed by atoms with van der Waals surface area (Å²) in [4.78, 5) is 11.8. The maximum Gasteiger partial charge on any atom is 0.322 e. The van der Waals surface area contributed by atoms with Crippen molar-refractivity contribution < 1.29 is 4.74 Å². The lowest BCUT2D eigenvalue weighted by Gasteiger charge is -2.08. The van der Waals surface area contributed by atoms with Crippen molar-refractivity contribution in [1.29, 1.82) is 0 Å². The van der Waals surface area contributed by atoms with Crippen LogP contribution in [0.1, 0.15) is 5.56 Å². The van der Waals surface area contributed by atoms with E-state index in [9.17, 15) is 0 Å². The normalized spacial score (nSPS) is 10.2. The fourth-order valence-electron chi connectivity index (χ4n) is 1.37. The molecule has 1 aromatic heterocycles. The van der Waals surface area contributed by atoms with Crippen LogP contribution in [0.2, 0.25) is 10.3 Å². The standard InChI is InChI=1S/C11H10Cl2N4O/c1-6-5-7(12)3-4-8(6)14-10-15-9(13)16-11(17-10)18-2/h3-5H,1-2H3,(H,14,15,16,17). The number of methoxy groups -OCH3 is 1. The number of hydrogen-bond donors (Lipinski definition) is 1. The number of halogens is 2. The van der Waals surface area contributed by atoms with Gasteiger partial charge in [-0.15, -0.1) is 0 Å². The highest BCUT2D eigenvalue weighted by molar-refractivity contribution is 6.30. The number of nitrogens with zero attached hydrogens (tertiary/aromatic N) is 3. The third-order valence-corrected chi connectivity index (χ3v) is 2.61. The highest BCUT2D eigenvalue weighted by Crippen LogP contribution is 2.23. The maximum atomic E-state index is 5.88. The minimum atomic E-state index is 0.0657. The molecule has 0 unspecified atom stereocenters. The zero-order chi connectivity index (χ0) is 13.1. The first kappa shape index (κ1) is 12.9. The molecule has 0 amide bonds. The molecule has 7 heteroatoms. The van der Waals surface area contributed by atoms with Gasteiger partial charge in [-0.3, -0.25) is 0 Å². The van der Waals surface area contributed by atoms with Crippen LogP contribution in [0, 0.1) is 6.92 Å². The highest BCUT2D eigenvalue weighted by Gasteiger charge is 2.07. The molecule has 0 aliphatic rings. The SMILES string of the molecule is COc1nc(Cl)nc(Nc2ccc(Cl)cc2C)n1. The number of benzene rings is 1. The lowest BCUT2D eigenvalue weighted by atomic mass is 10.2. The summed E-state index contributed by atoms with van der Waals surface area (Å²) < 4.78 is 4.91. The van der Waals surface area contributed by atoms with E-state index in [-0.39, 0.29) is 11.3 Å². The molecule has 0 aliphatic heterocycles. The molecule has 1 aromatic carbocycles. The summed E-state index contributed by atoms with van der Waals surface area (Å²) in [6.45, 7) is 1.92. The molecule has 0 spiro atoms. The van der Waals surface area contributed by atoms with Crippen molar-refractivity contribution in [3.63, 3.8) is 0 Å². The molecule has 1 N–H and O–H groups in total. The number of aryl methyl sites for hydroxylation is 1. The van der Waals surface area contributed by atoms with Crippen molar-refractivity contribution in [1.82, 2.24) is 15.0 Å². The van der Waals surface area contributed by atoms with Crippen LogP contribution < -0.4 is 10.1 Å². The van der Waals surface area contributed by atoms with E-state index in [1.165, 1.54) is 7.11 Å². The summed E-state index contributed by atoms with van der Waals surface area (Å²) in [7, 11) is 1.46. The molecular formula is C11H10Cl2N4O. The molecule has 2 aromatic rings. The van der Waals surface area contributed by atoms with E-state index < -0.39 is 0 Å². The van der Waals surface area contributed by atoms with Gasteiger partial charge in [0.2, 0.25) is 11.2 Å². The molecular weight excluding hydrogens is 275 g/mol. The van der Waals surface area contributed by atoms with Crippen molar-refractivity contribution in [3.8, 4) is 6.01 Å². The van der Waals surface area contributed by atoms with E-state index >= 15 is 0 Å². The molecule has 0 saturated heterocycles. The molecule has 0 fully saturated rings. The Balaban J connectivity index is 2.30. The van der Waals surface area contributed by atoms with Crippen LogP contribution in [-0.4, -0.2) is 22.1 Å². The average Bonchev–Trinajstić information content (AvgIpc) is 2.32. The van der Waals surface area contributed by atoms with Crippen LogP contribution >= 0.6 is 23.2 Å². The van der Waals surface area contributed by atoms with Crippen molar-refractivity contribution in [2.45, 2.75) is 6.92 Å². The molecule has 0 aliphatic carbocycles. The molecule has 2 rings (SSSR count). The lowest BCUT2D eigenvalue weighted by molar-refractivity contribution is 0.379. The average molecular weight is 285 g/mol. The molecule has 18 heavy (non-hydrogen) atoms. The Hall–Kier alpha value is -1.59. The van der Waals surface area contributed by atoms with Gasteiger partial charge in [0.05, 0.1) is 7.11 Å². The predicted octanol–water partition coefficient (Wildman–Crippen LogP) is 3.24. The van der Waals surface area contributed by atoms with E-state index in [1.807, 2.05) is 19.1 Å². The second kappa shape index (κ2) is 5.37. The highest BCUT2D eigenvalue weighted by atomic mass is 35.5. The van der Waals surface area contributed by atoms with Gasteiger partial charge in [-0.2, -0.15) is 15.0 Å². The maximum absolute atomic E-state index is 5.88. The third-order valence-electron chi connectivity index (χ3n) is 2.21. The van der Waals surface area contributed by atoms with Crippen molar-refractivity contribution in [2.24, 2.45) is 0 Å². The number of rotatable bonds is 3. The van der Waals surface area contributed by atoms with Crippen LogP contribution in [0.3, 0.4) is 0 Å². The van der Waals surface area contributed by atoms with E-state index in [4.69, 9.17) is 27.9 Å². The monoisotopic (exact) mass is 284 g/mol. The second-order valence-electron chi connectivity index (χ2n) is 3.50. The summed E-state index contributed by atoms with van der Waals surface area (Å²) >= 11 is 11.6. The van der Waals surface area contributed by atoms with Gasteiger partial charge < -0.3 is 10.1 Å². The number of ether oxygens (including phenoxy) is 1. The summed E-state index contributed by atoms with van der Waals surface area (Å²) in [6, 6.07) is 5.60. The molecule has 0 radical (unpaired) electrons. The van der Waals surface area contributed by atoms with E-state index in [0.717, 1.165) is 11.3 Å². The van der Waals surface area contributed by atoms with Gasteiger partial charge in [-0.05, 0) is 42.3 Å². The summed E-state index contributed by atoms with van der Waals surface area (Å²) in [5.74, 6) is 0.317. The Morgan fingerprint density at radius 1 is 1.17 bits per heavy atom. The summed E-state index contributed by atoms with van der Waals surface area (Å²) in [6.07, 6.45) is 0. The van der Waals surface area contributed by atoms with Crippen LogP contribution in [0.5, 0.6) is 6.01 Å². The van der Waals surface area contributed by atoms with Gasteiger partial charge in [0.25, 0.3) is 0 Å². The molecule has 0 saturated carbocycles. The number of nitrogens with one attached hydrogen (secondary N) is 1. The van der Waals surface area contributed by atoms with Crippen molar-refractivity contribution in [3.05, 3.63) is 34.1 Å². The minimum Gasteiger partial charge on any atom is -0.467 e. The van der Waals surface area contributed by atoms with Crippen LogP contribution in [0.25, 0.3) is 0 Å². The van der Waals surface area contributed by atoms with Crippen molar-refractivity contribution in [2.75, 3.05) is 12.4 Å². The van der Waals surface area contributed by atoms with Gasteiger partial charge in [0.1, 0.15) is 0 Å². The van der Waals surface area contributed by atoms with Gasteiger partial charge in [0.15, 0.2) is 0 Å². The van der Waals surface area contributed by atoms with Crippen LogP contribution in [0.15, 0.2) is 18.2 Å². The fourth-order valence-corrected chi connectivity index (χ4v) is 1.75. The molecule has 94 valence electrons. The number of anilines is 2.